The number of anilines is 1. The molecule has 0 fully saturated rings. The van der Waals surface area contributed by atoms with Crippen molar-refractivity contribution in [2.75, 3.05) is 11.9 Å². The Balaban J connectivity index is 1.59. The van der Waals surface area contributed by atoms with Crippen molar-refractivity contribution in [3.8, 4) is 0 Å². The smallest absolute Gasteiger partial charge is 0.269 e. The highest BCUT2D eigenvalue weighted by Gasteiger charge is 2.28. The number of carbonyl (C=O) groups is 1. The van der Waals surface area contributed by atoms with Crippen LogP contribution in [0.15, 0.2) is 77.7 Å². The molecule has 0 heterocycles. The van der Waals surface area contributed by atoms with Crippen LogP contribution in [-0.4, -0.2) is 26.3 Å². The van der Waals surface area contributed by atoms with Crippen LogP contribution in [0.5, 0.6) is 0 Å². The summed E-state index contributed by atoms with van der Waals surface area (Å²) < 4.78 is 24.5. The number of hydrogen-bond donors (Lipinski definition) is 1. The average molecular weight is 478 g/mol. The summed E-state index contributed by atoms with van der Waals surface area (Å²) in [5.74, 6) is -0.396. The van der Waals surface area contributed by atoms with Crippen LogP contribution in [0.3, 0.4) is 0 Å². The molecule has 0 saturated carbocycles. The molecule has 9 heteroatoms. The maximum atomic E-state index is 12.8. The van der Waals surface area contributed by atoms with Crippen LogP contribution < -0.4 is 10.0 Å². The minimum atomic E-state index is -3.94. The molecule has 0 aromatic heterocycles. The molecule has 1 aliphatic rings. The van der Waals surface area contributed by atoms with Gasteiger partial charge in [0.1, 0.15) is 0 Å². The van der Waals surface area contributed by atoms with E-state index in [4.69, 9.17) is 5.14 Å². The number of rotatable bonds is 6. The van der Waals surface area contributed by atoms with E-state index in [0.717, 1.165) is 0 Å². The Bertz CT molecular complexity index is 1370. The number of nitrogens with zero attached hydrogens (tertiary/aromatic N) is 2. The molecule has 2 N–H and O–H groups in total. The molecular weight excluding hydrogens is 454 g/mol. The lowest BCUT2D eigenvalue weighted by molar-refractivity contribution is -0.384. The number of sulfonamides is 1. The van der Waals surface area contributed by atoms with E-state index in [1.165, 1.54) is 40.3 Å². The minimum Gasteiger partial charge on any atom is -0.312 e. The molecule has 1 amide bonds. The van der Waals surface area contributed by atoms with Gasteiger partial charge in [0.15, 0.2) is 0 Å². The van der Waals surface area contributed by atoms with E-state index in [2.05, 4.69) is 0 Å². The van der Waals surface area contributed by atoms with Gasteiger partial charge in [-0.2, -0.15) is 0 Å². The first-order valence-electron chi connectivity index (χ1n) is 10.6. The van der Waals surface area contributed by atoms with Crippen molar-refractivity contribution in [1.29, 1.82) is 0 Å². The molecule has 3 aromatic rings. The second kappa shape index (κ2) is 9.20. The summed E-state index contributed by atoms with van der Waals surface area (Å²) >= 11 is 0. The van der Waals surface area contributed by atoms with E-state index in [9.17, 15) is 23.3 Å². The standard InChI is InChI=1S/C25H23N3O5S/c1-27(25(29)13-8-17-6-9-21(10-7-17)28(30)31)22-11-12-24(34(26,32)33)23(16-22)20-14-18-4-2-3-5-19(18)15-20/h2-13,16,20H,14-15H2,1H3,(H2,26,32,33)/b13-8+. The molecule has 0 spiro atoms. The van der Waals surface area contributed by atoms with Gasteiger partial charge in [-0.05, 0) is 77.4 Å². The third-order valence-electron chi connectivity index (χ3n) is 6.03. The monoisotopic (exact) mass is 477 g/mol. The van der Waals surface area contributed by atoms with Crippen molar-refractivity contribution in [1.82, 2.24) is 0 Å². The van der Waals surface area contributed by atoms with E-state index in [-0.39, 0.29) is 22.4 Å². The number of primary sulfonamides is 1. The first-order chi connectivity index (χ1) is 16.1. The number of nitro benzene ring substituents is 1. The van der Waals surface area contributed by atoms with Crippen molar-refractivity contribution in [3.63, 3.8) is 0 Å². The molecule has 0 radical (unpaired) electrons. The van der Waals surface area contributed by atoms with Gasteiger partial charge in [-0.15, -0.1) is 0 Å². The highest BCUT2D eigenvalue weighted by atomic mass is 32.2. The van der Waals surface area contributed by atoms with Gasteiger partial charge < -0.3 is 4.90 Å². The summed E-state index contributed by atoms with van der Waals surface area (Å²) in [6.45, 7) is 0. The van der Waals surface area contributed by atoms with E-state index >= 15 is 0 Å². The van der Waals surface area contributed by atoms with Crippen LogP contribution in [0.25, 0.3) is 6.08 Å². The summed E-state index contributed by atoms with van der Waals surface area (Å²) in [5.41, 5.74) is 4.09. The molecule has 34 heavy (non-hydrogen) atoms. The normalized spacial score (nSPS) is 13.7. The Morgan fingerprint density at radius 3 is 2.24 bits per heavy atom. The molecule has 0 unspecified atom stereocenters. The van der Waals surface area contributed by atoms with Crippen molar-refractivity contribution >= 4 is 33.4 Å². The summed E-state index contributed by atoms with van der Waals surface area (Å²) in [4.78, 5) is 24.5. The lowest BCUT2D eigenvalue weighted by Crippen LogP contribution is -2.25. The maximum absolute atomic E-state index is 12.8. The van der Waals surface area contributed by atoms with Crippen LogP contribution in [0.2, 0.25) is 0 Å². The van der Waals surface area contributed by atoms with Gasteiger partial charge in [0, 0.05) is 30.9 Å². The Hall–Kier alpha value is -3.82. The Labute approximate surface area is 197 Å². The Morgan fingerprint density at radius 2 is 1.68 bits per heavy atom. The summed E-state index contributed by atoms with van der Waals surface area (Å²) in [6.07, 6.45) is 4.31. The highest BCUT2D eigenvalue weighted by Crippen LogP contribution is 2.38. The summed E-state index contributed by atoms with van der Waals surface area (Å²) in [5, 5.41) is 16.3. The van der Waals surface area contributed by atoms with Crippen molar-refractivity contribution < 1.29 is 18.1 Å². The number of amides is 1. The zero-order chi connectivity index (χ0) is 24.5. The largest absolute Gasteiger partial charge is 0.312 e. The van der Waals surface area contributed by atoms with Crippen molar-refractivity contribution in [3.05, 3.63) is 105 Å². The van der Waals surface area contributed by atoms with E-state index in [1.807, 2.05) is 24.3 Å². The molecule has 8 nitrogen and oxygen atoms in total. The molecule has 1 aliphatic carbocycles. The van der Waals surface area contributed by atoms with E-state index in [1.54, 1.807) is 37.4 Å². The topological polar surface area (TPSA) is 124 Å². The molecule has 4 rings (SSSR count). The number of fused-ring (bicyclic) bond motifs is 1. The number of carbonyl (C=O) groups excluding carboxylic acids is 1. The number of nitro groups is 1. The average Bonchev–Trinajstić information content (AvgIpc) is 3.25. The molecule has 174 valence electrons. The number of likely N-dealkylation sites (N-methyl/N-ethyl adjacent to an activating group) is 1. The van der Waals surface area contributed by atoms with E-state index < -0.39 is 14.9 Å². The summed E-state index contributed by atoms with van der Waals surface area (Å²) in [7, 11) is -2.34. The van der Waals surface area contributed by atoms with Crippen LogP contribution in [0.4, 0.5) is 11.4 Å². The highest BCUT2D eigenvalue weighted by molar-refractivity contribution is 7.89. The summed E-state index contributed by atoms with van der Waals surface area (Å²) in [6, 6.07) is 18.6. The SMILES string of the molecule is CN(C(=O)/C=C/c1ccc([N+](=O)[O-])cc1)c1ccc(S(N)(=O)=O)c(C2Cc3ccccc3C2)c1. The second-order valence-corrected chi connectivity index (χ2v) is 9.75. The molecule has 0 aliphatic heterocycles. The fourth-order valence-electron chi connectivity index (χ4n) is 4.22. The number of nitrogens with two attached hydrogens (primary N) is 1. The first kappa shape index (κ1) is 23.3. The number of benzene rings is 3. The maximum Gasteiger partial charge on any atom is 0.269 e. The molecule has 0 bridgehead atoms. The lowest BCUT2D eigenvalue weighted by Gasteiger charge is -2.20. The van der Waals surface area contributed by atoms with Crippen molar-refractivity contribution in [2.24, 2.45) is 5.14 Å². The second-order valence-electron chi connectivity index (χ2n) is 8.22. The van der Waals surface area contributed by atoms with Gasteiger partial charge in [0.2, 0.25) is 10.0 Å². The third-order valence-corrected chi connectivity index (χ3v) is 7.02. The quantitative estimate of drug-likeness (QED) is 0.329. The van der Waals surface area contributed by atoms with Crippen LogP contribution in [-0.2, 0) is 27.7 Å². The Morgan fingerprint density at radius 1 is 1.06 bits per heavy atom. The molecule has 0 atom stereocenters. The van der Waals surface area contributed by atoms with Crippen LogP contribution in [0, 0.1) is 10.1 Å². The Kier molecular flexibility index (Phi) is 6.32. The number of hydrogen-bond acceptors (Lipinski definition) is 5. The predicted molar refractivity (Wildman–Crippen MR) is 130 cm³/mol. The van der Waals surface area contributed by atoms with Crippen molar-refractivity contribution in [2.45, 2.75) is 23.7 Å². The lowest BCUT2D eigenvalue weighted by atomic mass is 9.95. The molecular formula is C25H23N3O5S. The zero-order valence-electron chi connectivity index (χ0n) is 18.4. The van der Waals surface area contributed by atoms with Gasteiger partial charge in [-0.3, -0.25) is 14.9 Å². The van der Waals surface area contributed by atoms with Crippen LogP contribution >= 0.6 is 0 Å². The van der Waals surface area contributed by atoms with Gasteiger partial charge in [0.25, 0.3) is 11.6 Å². The molecule has 3 aromatic carbocycles. The fourth-order valence-corrected chi connectivity index (χ4v) is 5.03. The fraction of sp³-hybridized carbons (Fsp3) is 0.160. The van der Waals surface area contributed by atoms with Gasteiger partial charge >= 0.3 is 0 Å². The number of non-ortho nitro benzene ring substituents is 1. The predicted octanol–water partition coefficient (Wildman–Crippen LogP) is 3.80. The third kappa shape index (κ3) is 4.90. The molecule has 0 saturated heterocycles. The van der Waals surface area contributed by atoms with Gasteiger partial charge in [-0.25, -0.2) is 13.6 Å². The zero-order valence-corrected chi connectivity index (χ0v) is 19.2. The van der Waals surface area contributed by atoms with Crippen LogP contribution in [0.1, 0.15) is 28.2 Å². The van der Waals surface area contributed by atoms with Gasteiger partial charge in [-0.1, -0.05) is 24.3 Å². The first-order valence-corrected chi connectivity index (χ1v) is 12.1. The van der Waals surface area contributed by atoms with E-state index in [0.29, 0.717) is 29.7 Å². The van der Waals surface area contributed by atoms with Gasteiger partial charge in [0.05, 0.1) is 9.82 Å². The minimum absolute atomic E-state index is 0.0304.